The molecule has 0 aliphatic carbocycles. The van der Waals surface area contributed by atoms with Gasteiger partial charge in [-0.15, -0.1) is 0 Å². The Bertz CT molecular complexity index is 1250. The van der Waals surface area contributed by atoms with Gasteiger partial charge in [-0.1, -0.05) is 30.3 Å². The monoisotopic (exact) mass is 414 g/mol. The summed E-state index contributed by atoms with van der Waals surface area (Å²) < 4.78 is 0. The number of amides is 2. The number of carbonyl (C=O) groups excluding carboxylic acids is 2. The van der Waals surface area contributed by atoms with Gasteiger partial charge in [-0.25, -0.2) is 4.90 Å². The minimum atomic E-state index is -0.555. The highest BCUT2D eigenvalue weighted by atomic mass is 16.6. The zero-order chi connectivity index (χ0) is 22.1. The number of nitro benzene ring substituents is 1. The molecule has 154 valence electrons. The molecular formula is C23H18N4O4. The maximum absolute atomic E-state index is 13.4. The Hall–Kier alpha value is -4.33. The molecule has 0 atom stereocenters. The first-order valence-corrected chi connectivity index (χ1v) is 9.50. The molecule has 8 nitrogen and oxygen atoms in total. The van der Waals surface area contributed by atoms with Crippen molar-refractivity contribution in [1.29, 1.82) is 0 Å². The third-order valence-electron chi connectivity index (χ3n) is 4.91. The number of non-ortho nitro benzene ring substituents is 1. The topological polar surface area (TPSA) is 105 Å². The molecule has 2 amide bonds. The van der Waals surface area contributed by atoms with Crippen LogP contribution in [0.4, 0.5) is 17.1 Å². The number of hydrogen-bond donors (Lipinski definition) is 1. The number of nitrogens with one attached hydrogen (secondary N) is 1. The molecule has 3 aromatic rings. The molecule has 2 heterocycles. The molecule has 0 spiro atoms. The Morgan fingerprint density at radius 2 is 1.84 bits per heavy atom. The van der Waals surface area contributed by atoms with Crippen molar-refractivity contribution in [3.63, 3.8) is 0 Å². The lowest BCUT2D eigenvalue weighted by Crippen LogP contribution is -2.31. The Balaban J connectivity index is 1.98. The van der Waals surface area contributed by atoms with Crippen molar-refractivity contribution in [1.82, 2.24) is 4.98 Å². The predicted octanol–water partition coefficient (Wildman–Crippen LogP) is 4.17. The molecule has 0 saturated carbocycles. The summed E-state index contributed by atoms with van der Waals surface area (Å²) in [6, 6.07) is 16.9. The SMILES string of the molecule is CC(=O)N1C(=O)/C(=C(\Nc2ccnc(C)c2)c2ccccc2)c2ccc([N+](=O)[O-])cc21. The molecular weight excluding hydrogens is 396 g/mol. The number of benzene rings is 2. The molecule has 0 fully saturated rings. The lowest BCUT2D eigenvalue weighted by molar-refractivity contribution is -0.384. The number of anilines is 2. The van der Waals surface area contributed by atoms with Crippen LogP contribution in [-0.4, -0.2) is 21.7 Å². The number of hydrogen-bond acceptors (Lipinski definition) is 6. The number of rotatable bonds is 4. The first-order valence-electron chi connectivity index (χ1n) is 9.50. The molecule has 0 saturated heterocycles. The molecule has 8 heteroatoms. The summed E-state index contributed by atoms with van der Waals surface area (Å²) in [4.78, 5) is 41.5. The molecule has 31 heavy (non-hydrogen) atoms. The highest BCUT2D eigenvalue weighted by Gasteiger charge is 2.38. The molecule has 0 bridgehead atoms. The Morgan fingerprint density at radius 3 is 2.48 bits per heavy atom. The average Bonchev–Trinajstić information content (AvgIpc) is 3.03. The highest BCUT2D eigenvalue weighted by molar-refractivity contribution is 6.43. The smallest absolute Gasteiger partial charge is 0.271 e. The van der Waals surface area contributed by atoms with Crippen molar-refractivity contribution in [3.05, 3.63) is 93.8 Å². The van der Waals surface area contributed by atoms with Gasteiger partial charge < -0.3 is 5.32 Å². The first kappa shape index (κ1) is 20.0. The van der Waals surface area contributed by atoms with Gasteiger partial charge in [0.2, 0.25) is 5.91 Å². The van der Waals surface area contributed by atoms with Gasteiger partial charge in [-0.05, 0) is 30.7 Å². The number of nitro groups is 1. The van der Waals surface area contributed by atoms with Gasteiger partial charge in [0.1, 0.15) is 0 Å². The molecule has 2 aromatic carbocycles. The summed E-state index contributed by atoms with van der Waals surface area (Å²) in [5.41, 5.74) is 3.45. The highest BCUT2D eigenvalue weighted by Crippen LogP contribution is 2.42. The van der Waals surface area contributed by atoms with Gasteiger partial charge in [-0.2, -0.15) is 0 Å². The number of aromatic nitrogens is 1. The summed E-state index contributed by atoms with van der Waals surface area (Å²) in [6.07, 6.45) is 1.65. The van der Waals surface area contributed by atoms with Crippen molar-refractivity contribution < 1.29 is 14.5 Å². The van der Waals surface area contributed by atoms with E-state index in [0.29, 0.717) is 11.3 Å². The standard InChI is InChI=1S/C23H18N4O4/c1-14-12-17(10-11-24-14)25-22(16-6-4-3-5-7-16)21-19-9-8-18(27(30)31)13-20(19)26(15(2)28)23(21)29/h3-13H,1-2H3,(H,24,25)/b22-21-. The van der Waals surface area contributed by atoms with Crippen LogP contribution in [0.2, 0.25) is 0 Å². The maximum Gasteiger partial charge on any atom is 0.271 e. The van der Waals surface area contributed by atoms with Crippen LogP contribution in [0.5, 0.6) is 0 Å². The van der Waals surface area contributed by atoms with Gasteiger partial charge in [0.15, 0.2) is 0 Å². The van der Waals surface area contributed by atoms with Gasteiger partial charge in [0, 0.05) is 42.2 Å². The van der Waals surface area contributed by atoms with Crippen molar-refractivity contribution in [2.45, 2.75) is 13.8 Å². The van der Waals surface area contributed by atoms with Gasteiger partial charge >= 0.3 is 0 Å². The molecule has 4 rings (SSSR count). The summed E-state index contributed by atoms with van der Waals surface area (Å²) in [5.74, 6) is -1.06. The third-order valence-corrected chi connectivity index (χ3v) is 4.91. The summed E-state index contributed by atoms with van der Waals surface area (Å²) in [6.45, 7) is 3.11. The van der Waals surface area contributed by atoms with Crippen LogP contribution in [0, 0.1) is 17.0 Å². The third kappa shape index (κ3) is 3.66. The number of pyridine rings is 1. The van der Waals surface area contributed by atoms with E-state index in [4.69, 9.17) is 0 Å². The molecule has 1 aromatic heterocycles. The van der Waals surface area contributed by atoms with Crippen LogP contribution in [0.25, 0.3) is 11.3 Å². The second-order valence-electron chi connectivity index (χ2n) is 7.05. The number of carbonyl (C=O) groups is 2. The van der Waals surface area contributed by atoms with E-state index in [1.165, 1.54) is 25.1 Å². The van der Waals surface area contributed by atoms with Gasteiger partial charge in [-0.3, -0.25) is 24.7 Å². The van der Waals surface area contributed by atoms with Crippen LogP contribution in [0.15, 0.2) is 66.9 Å². The van der Waals surface area contributed by atoms with E-state index >= 15 is 0 Å². The normalized spacial score (nSPS) is 14.3. The van der Waals surface area contributed by atoms with Crippen molar-refractivity contribution in [2.24, 2.45) is 0 Å². The lowest BCUT2D eigenvalue weighted by Gasteiger charge is -2.16. The van der Waals surface area contributed by atoms with Crippen LogP contribution in [-0.2, 0) is 9.59 Å². The van der Waals surface area contributed by atoms with Crippen LogP contribution in [0.3, 0.4) is 0 Å². The van der Waals surface area contributed by atoms with Crippen molar-refractivity contribution >= 4 is 40.1 Å². The average molecular weight is 414 g/mol. The predicted molar refractivity (Wildman–Crippen MR) is 117 cm³/mol. The Kier molecular flexibility index (Phi) is 5.04. The van der Waals surface area contributed by atoms with E-state index in [0.717, 1.165) is 21.8 Å². The molecule has 0 radical (unpaired) electrons. The second-order valence-corrected chi connectivity index (χ2v) is 7.05. The van der Waals surface area contributed by atoms with E-state index in [1.54, 1.807) is 12.3 Å². The number of fused-ring (bicyclic) bond motifs is 1. The van der Waals surface area contributed by atoms with Crippen molar-refractivity contribution in [2.75, 3.05) is 10.2 Å². The van der Waals surface area contributed by atoms with Crippen LogP contribution < -0.4 is 10.2 Å². The number of imide groups is 1. The minimum absolute atomic E-state index is 0.196. The fraction of sp³-hybridized carbons (Fsp3) is 0.0870. The van der Waals surface area contributed by atoms with E-state index < -0.39 is 16.7 Å². The quantitative estimate of drug-likeness (QED) is 0.390. The second kappa shape index (κ2) is 7.83. The molecule has 1 aliphatic heterocycles. The van der Waals surface area contributed by atoms with E-state index in [1.807, 2.05) is 43.3 Å². The minimum Gasteiger partial charge on any atom is -0.354 e. The van der Waals surface area contributed by atoms with Crippen LogP contribution >= 0.6 is 0 Å². The summed E-state index contributed by atoms with van der Waals surface area (Å²) in [7, 11) is 0. The van der Waals surface area contributed by atoms with Gasteiger partial charge in [0.05, 0.1) is 21.9 Å². The van der Waals surface area contributed by atoms with Gasteiger partial charge in [0.25, 0.3) is 11.6 Å². The maximum atomic E-state index is 13.4. The zero-order valence-electron chi connectivity index (χ0n) is 16.8. The fourth-order valence-corrected chi connectivity index (χ4v) is 3.57. The molecule has 0 unspecified atom stereocenters. The summed E-state index contributed by atoms with van der Waals surface area (Å²) in [5, 5.41) is 14.5. The van der Waals surface area contributed by atoms with E-state index in [2.05, 4.69) is 10.3 Å². The van der Waals surface area contributed by atoms with E-state index in [-0.39, 0.29) is 16.9 Å². The Labute approximate surface area is 178 Å². The largest absolute Gasteiger partial charge is 0.354 e. The zero-order valence-corrected chi connectivity index (χ0v) is 16.8. The number of aryl methyl sites for hydroxylation is 1. The van der Waals surface area contributed by atoms with Crippen molar-refractivity contribution in [3.8, 4) is 0 Å². The fourth-order valence-electron chi connectivity index (χ4n) is 3.57. The molecule has 1 N–H and O–H groups in total. The first-order chi connectivity index (χ1) is 14.9. The Morgan fingerprint density at radius 1 is 1.10 bits per heavy atom. The molecule has 1 aliphatic rings. The summed E-state index contributed by atoms with van der Waals surface area (Å²) >= 11 is 0. The number of nitrogens with zero attached hydrogens (tertiary/aromatic N) is 3. The van der Waals surface area contributed by atoms with Crippen LogP contribution in [0.1, 0.15) is 23.7 Å². The lowest BCUT2D eigenvalue weighted by atomic mass is 10.00. The van der Waals surface area contributed by atoms with E-state index in [9.17, 15) is 19.7 Å².